The number of hydrogen-bond acceptors (Lipinski definition) is 5. The number of para-hydroxylation sites is 1. The molecule has 0 aromatic heterocycles. The molecule has 0 bridgehead atoms. The molecule has 23 heavy (non-hydrogen) atoms. The first-order valence-electron chi connectivity index (χ1n) is 7.36. The Kier molecular flexibility index (Phi) is 5.10. The van der Waals surface area contributed by atoms with Gasteiger partial charge in [-0.2, -0.15) is 0 Å². The number of methoxy groups -OCH3 is 1. The number of amides is 2. The molecule has 7 heteroatoms. The summed E-state index contributed by atoms with van der Waals surface area (Å²) in [5.74, 6) is 0.398. The molecular weight excluding hydrogens is 300 g/mol. The first kappa shape index (κ1) is 17.1. The van der Waals surface area contributed by atoms with E-state index in [1.807, 2.05) is 24.3 Å². The topological polar surface area (TPSA) is 77.1 Å². The number of β-lactam (4-membered cyclic amide) rings is 1. The van der Waals surface area contributed by atoms with Crippen LogP contribution in [0.5, 0.6) is 5.75 Å². The summed E-state index contributed by atoms with van der Waals surface area (Å²) < 4.78 is 10.3. The second-order valence-electron chi connectivity index (χ2n) is 6.18. The summed E-state index contributed by atoms with van der Waals surface area (Å²) in [6.45, 7) is 5.79. The highest BCUT2D eigenvalue weighted by atomic mass is 16.7. The predicted molar refractivity (Wildman–Crippen MR) is 82.7 cm³/mol. The van der Waals surface area contributed by atoms with Gasteiger partial charge in [0.1, 0.15) is 24.0 Å². The van der Waals surface area contributed by atoms with Gasteiger partial charge in [0.15, 0.2) is 0 Å². The van der Waals surface area contributed by atoms with Gasteiger partial charge in [0.25, 0.3) is 5.91 Å². The highest BCUT2D eigenvalue weighted by Crippen LogP contribution is 2.20. The molecule has 0 saturated carbocycles. The molecule has 1 fully saturated rings. The van der Waals surface area contributed by atoms with Crippen molar-refractivity contribution in [1.82, 2.24) is 10.4 Å². The third kappa shape index (κ3) is 4.59. The van der Waals surface area contributed by atoms with Crippen LogP contribution in [0.3, 0.4) is 0 Å². The van der Waals surface area contributed by atoms with Crippen LogP contribution in [0.25, 0.3) is 0 Å². The van der Waals surface area contributed by atoms with Gasteiger partial charge in [0.05, 0.1) is 13.7 Å². The summed E-state index contributed by atoms with van der Waals surface area (Å²) in [6.07, 6.45) is -0.611. The van der Waals surface area contributed by atoms with Crippen LogP contribution in [0.15, 0.2) is 24.3 Å². The number of hydrogen-bond donors (Lipinski definition) is 1. The standard InChI is InChI=1S/C16H22N2O5/c1-16(2,3)23-15(20)17-12-9-18(14(12)19)22-10-11-7-5-6-8-13(11)21-4/h5-8,12H,9-10H2,1-4H3,(H,17,20). The normalized spacial score (nSPS) is 17.5. The molecule has 1 unspecified atom stereocenters. The molecule has 0 radical (unpaired) electrons. The molecular formula is C16H22N2O5. The fourth-order valence-electron chi connectivity index (χ4n) is 2.04. The molecule has 1 N–H and O–H groups in total. The highest BCUT2D eigenvalue weighted by molar-refractivity contribution is 5.90. The Morgan fingerprint density at radius 1 is 1.35 bits per heavy atom. The van der Waals surface area contributed by atoms with Crippen molar-refractivity contribution in [1.29, 1.82) is 0 Å². The van der Waals surface area contributed by atoms with E-state index >= 15 is 0 Å². The van der Waals surface area contributed by atoms with Gasteiger partial charge in [0, 0.05) is 5.56 Å². The molecule has 2 amide bonds. The van der Waals surface area contributed by atoms with E-state index in [1.54, 1.807) is 27.9 Å². The summed E-state index contributed by atoms with van der Waals surface area (Å²) in [6, 6.07) is 6.80. The smallest absolute Gasteiger partial charge is 0.408 e. The molecule has 7 nitrogen and oxygen atoms in total. The van der Waals surface area contributed by atoms with Crippen molar-refractivity contribution in [3.8, 4) is 5.75 Å². The third-order valence-corrected chi connectivity index (χ3v) is 3.15. The molecule has 1 aromatic carbocycles. The number of alkyl carbamates (subject to hydrolysis) is 1. The van der Waals surface area contributed by atoms with E-state index in [-0.39, 0.29) is 19.1 Å². The lowest BCUT2D eigenvalue weighted by Crippen LogP contribution is -2.63. The lowest BCUT2D eigenvalue weighted by atomic mass is 10.1. The zero-order chi connectivity index (χ0) is 17.0. The number of nitrogens with zero attached hydrogens (tertiary/aromatic N) is 1. The summed E-state index contributed by atoms with van der Waals surface area (Å²) in [7, 11) is 1.58. The Labute approximate surface area is 135 Å². The van der Waals surface area contributed by atoms with Crippen molar-refractivity contribution < 1.29 is 23.9 Å². The van der Waals surface area contributed by atoms with E-state index in [2.05, 4.69) is 5.32 Å². The largest absolute Gasteiger partial charge is 0.496 e. The zero-order valence-corrected chi connectivity index (χ0v) is 13.8. The van der Waals surface area contributed by atoms with Crippen LogP contribution in [0.4, 0.5) is 4.79 Å². The average molecular weight is 322 g/mol. The van der Waals surface area contributed by atoms with Crippen molar-refractivity contribution in [3.05, 3.63) is 29.8 Å². The Bertz CT molecular complexity index is 582. The maximum absolute atomic E-state index is 11.9. The van der Waals surface area contributed by atoms with Crippen LogP contribution >= 0.6 is 0 Å². The number of nitrogens with one attached hydrogen (secondary N) is 1. The average Bonchev–Trinajstić information content (AvgIpc) is 2.48. The van der Waals surface area contributed by atoms with Gasteiger partial charge in [-0.3, -0.25) is 9.63 Å². The molecule has 1 aliphatic heterocycles. The van der Waals surface area contributed by atoms with Gasteiger partial charge in [0.2, 0.25) is 0 Å². The Balaban J connectivity index is 1.78. The van der Waals surface area contributed by atoms with Gasteiger partial charge in [-0.25, -0.2) is 9.86 Å². The Morgan fingerprint density at radius 2 is 2.04 bits per heavy atom. The van der Waals surface area contributed by atoms with Crippen LogP contribution in [0.2, 0.25) is 0 Å². The van der Waals surface area contributed by atoms with E-state index in [0.717, 1.165) is 5.56 Å². The molecule has 0 aliphatic carbocycles. The Hall–Kier alpha value is -2.28. The third-order valence-electron chi connectivity index (χ3n) is 3.15. The second-order valence-corrected chi connectivity index (χ2v) is 6.18. The van der Waals surface area contributed by atoms with E-state index in [1.165, 1.54) is 5.06 Å². The van der Waals surface area contributed by atoms with Crippen LogP contribution in [0, 0.1) is 0 Å². The summed E-state index contributed by atoms with van der Waals surface area (Å²) in [5, 5.41) is 3.73. The molecule has 1 atom stereocenters. The van der Waals surface area contributed by atoms with Crippen LogP contribution in [0.1, 0.15) is 26.3 Å². The fourth-order valence-corrected chi connectivity index (χ4v) is 2.04. The molecule has 126 valence electrons. The lowest BCUT2D eigenvalue weighted by molar-refractivity contribution is -0.218. The Morgan fingerprint density at radius 3 is 2.65 bits per heavy atom. The van der Waals surface area contributed by atoms with Gasteiger partial charge in [-0.1, -0.05) is 18.2 Å². The summed E-state index contributed by atoms with van der Waals surface area (Å²) in [5.41, 5.74) is 0.239. The summed E-state index contributed by atoms with van der Waals surface area (Å²) in [4.78, 5) is 29.0. The quantitative estimate of drug-likeness (QED) is 0.837. The van der Waals surface area contributed by atoms with Gasteiger partial charge in [-0.05, 0) is 26.8 Å². The number of rotatable bonds is 5. The van der Waals surface area contributed by atoms with Gasteiger partial charge in [-0.15, -0.1) is 0 Å². The van der Waals surface area contributed by atoms with Crippen LogP contribution < -0.4 is 10.1 Å². The zero-order valence-electron chi connectivity index (χ0n) is 13.8. The van der Waals surface area contributed by atoms with Crippen molar-refractivity contribution in [2.24, 2.45) is 0 Å². The van der Waals surface area contributed by atoms with Gasteiger partial charge < -0.3 is 14.8 Å². The summed E-state index contributed by atoms with van der Waals surface area (Å²) >= 11 is 0. The minimum atomic E-state index is -0.611. The number of carbonyl (C=O) groups excluding carboxylic acids is 2. The van der Waals surface area contributed by atoms with Crippen molar-refractivity contribution in [2.75, 3.05) is 13.7 Å². The van der Waals surface area contributed by atoms with Crippen LogP contribution in [-0.4, -0.2) is 42.4 Å². The SMILES string of the molecule is COc1ccccc1CON1CC(NC(=O)OC(C)(C)C)C1=O. The van der Waals surface area contributed by atoms with Crippen molar-refractivity contribution in [2.45, 2.75) is 39.0 Å². The van der Waals surface area contributed by atoms with E-state index in [4.69, 9.17) is 14.3 Å². The fraction of sp³-hybridized carbons (Fsp3) is 0.500. The second kappa shape index (κ2) is 6.87. The predicted octanol–water partition coefficient (Wildman–Crippen LogP) is 1.86. The number of ether oxygens (including phenoxy) is 2. The van der Waals surface area contributed by atoms with E-state index in [9.17, 15) is 9.59 Å². The number of benzene rings is 1. The van der Waals surface area contributed by atoms with E-state index < -0.39 is 17.7 Å². The first-order valence-corrected chi connectivity index (χ1v) is 7.36. The highest BCUT2D eigenvalue weighted by Gasteiger charge is 2.40. The minimum absolute atomic E-state index is 0.217. The van der Waals surface area contributed by atoms with Crippen molar-refractivity contribution >= 4 is 12.0 Å². The molecule has 1 heterocycles. The lowest BCUT2D eigenvalue weighted by Gasteiger charge is -2.37. The van der Waals surface area contributed by atoms with Gasteiger partial charge >= 0.3 is 6.09 Å². The monoisotopic (exact) mass is 322 g/mol. The number of hydroxylamine groups is 2. The maximum atomic E-state index is 11.9. The number of carbonyl (C=O) groups is 2. The van der Waals surface area contributed by atoms with Crippen molar-refractivity contribution in [3.63, 3.8) is 0 Å². The molecule has 1 aliphatic rings. The molecule has 0 spiro atoms. The maximum Gasteiger partial charge on any atom is 0.408 e. The molecule has 2 rings (SSSR count). The van der Waals surface area contributed by atoms with E-state index in [0.29, 0.717) is 5.75 Å². The molecule has 1 aromatic rings. The van der Waals surface area contributed by atoms with Crippen LogP contribution in [-0.2, 0) is 21.0 Å². The molecule has 1 saturated heterocycles. The minimum Gasteiger partial charge on any atom is -0.496 e. The first-order chi connectivity index (χ1) is 10.8.